The molecule has 4 rings (SSSR count). The van der Waals surface area contributed by atoms with Crippen molar-refractivity contribution >= 4 is 11.9 Å². The zero-order valence-electron chi connectivity index (χ0n) is 24.9. The van der Waals surface area contributed by atoms with Gasteiger partial charge in [0.05, 0.1) is 48.8 Å². The van der Waals surface area contributed by atoms with Crippen molar-refractivity contribution in [2.45, 2.75) is 47.5 Å². The molecule has 1 N–H and O–H groups in total. The first-order valence-corrected chi connectivity index (χ1v) is 13.9. The summed E-state index contributed by atoms with van der Waals surface area (Å²) >= 11 is 0. The molecule has 3 aromatic rings. The van der Waals surface area contributed by atoms with Crippen molar-refractivity contribution in [3.63, 3.8) is 0 Å². The topological polar surface area (TPSA) is 91.7 Å². The number of methoxy groups -OCH3 is 1. The molecular weight excluding hydrogens is 518 g/mol. The van der Waals surface area contributed by atoms with Crippen LogP contribution >= 0.6 is 0 Å². The molecule has 0 unspecified atom stereocenters. The lowest BCUT2D eigenvalue weighted by atomic mass is 9.79. The number of benzene rings is 2. The highest BCUT2D eigenvalue weighted by atomic mass is 16.5. The third kappa shape index (κ3) is 6.70. The molecule has 0 saturated carbocycles. The SMILES string of the molecule is COc1ccc(-c2nn(-c3ccccc3)cc2C2C(C(=O)OCC(C)C)=C(C)NC(C)=C2C(=O)OCC(C)C)cc1. The summed E-state index contributed by atoms with van der Waals surface area (Å²) in [5.74, 6) is -0.726. The van der Waals surface area contributed by atoms with Crippen LogP contribution in [-0.2, 0) is 19.1 Å². The number of dihydropyridines is 1. The minimum absolute atomic E-state index is 0.151. The van der Waals surface area contributed by atoms with E-state index in [1.807, 2.05) is 102 Å². The Bertz CT molecular complexity index is 1400. The molecule has 0 radical (unpaired) electrons. The van der Waals surface area contributed by atoms with E-state index < -0.39 is 17.9 Å². The van der Waals surface area contributed by atoms with Crippen molar-refractivity contribution in [1.29, 1.82) is 0 Å². The van der Waals surface area contributed by atoms with Crippen LogP contribution in [0.5, 0.6) is 5.75 Å². The number of aromatic nitrogens is 2. The molecule has 8 nitrogen and oxygen atoms in total. The van der Waals surface area contributed by atoms with Gasteiger partial charge in [0.2, 0.25) is 0 Å². The summed E-state index contributed by atoms with van der Waals surface area (Å²) in [7, 11) is 1.62. The van der Waals surface area contributed by atoms with Crippen molar-refractivity contribution in [2.75, 3.05) is 20.3 Å². The Morgan fingerprint density at radius 3 is 1.88 bits per heavy atom. The number of ether oxygens (including phenoxy) is 3. The van der Waals surface area contributed by atoms with Gasteiger partial charge in [-0.25, -0.2) is 14.3 Å². The summed E-state index contributed by atoms with van der Waals surface area (Å²) in [6, 6.07) is 17.3. The molecule has 0 fully saturated rings. The Morgan fingerprint density at radius 2 is 1.39 bits per heavy atom. The van der Waals surface area contributed by atoms with E-state index >= 15 is 0 Å². The van der Waals surface area contributed by atoms with E-state index in [9.17, 15) is 9.59 Å². The number of hydrogen-bond acceptors (Lipinski definition) is 7. The Morgan fingerprint density at radius 1 is 0.854 bits per heavy atom. The van der Waals surface area contributed by atoms with Crippen molar-refractivity contribution in [2.24, 2.45) is 11.8 Å². The van der Waals surface area contributed by atoms with Gasteiger partial charge in [-0.15, -0.1) is 0 Å². The summed E-state index contributed by atoms with van der Waals surface area (Å²) in [6.07, 6.45) is 1.89. The minimum Gasteiger partial charge on any atom is -0.497 e. The zero-order valence-corrected chi connectivity index (χ0v) is 24.9. The van der Waals surface area contributed by atoms with Gasteiger partial charge < -0.3 is 19.5 Å². The first-order chi connectivity index (χ1) is 19.6. The molecule has 2 heterocycles. The summed E-state index contributed by atoms with van der Waals surface area (Å²) in [6.45, 7) is 12.1. The molecular formula is C33H39N3O5. The van der Waals surface area contributed by atoms with Crippen LogP contribution in [0.1, 0.15) is 53.0 Å². The lowest BCUT2D eigenvalue weighted by molar-refractivity contribution is -0.141. The molecule has 2 aromatic carbocycles. The molecule has 0 aliphatic carbocycles. The van der Waals surface area contributed by atoms with Crippen molar-refractivity contribution in [1.82, 2.24) is 15.1 Å². The molecule has 0 saturated heterocycles. The maximum Gasteiger partial charge on any atom is 0.336 e. The second-order valence-electron chi connectivity index (χ2n) is 11.1. The van der Waals surface area contributed by atoms with Crippen LogP contribution in [0.4, 0.5) is 0 Å². The molecule has 0 atom stereocenters. The predicted molar refractivity (Wildman–Crippen MR) is 158 cm³/mol. The third-order valence-electron chi connectivity index (χ3n) is 6.73. The molecule has 41 heavy (non-hydrogen) atoms. The summed E-state index contributed by atoms with van der Waals surface area (Å²) in [4.78, 5) is 27.4. The molecule has 0 bridgehead atoms. The quantitative estimate of drug-likeness (QED) is 0.298. The van der Waals surface area contributed by atoms with Gasteiger partial charge in [0.25, 0.3) is 0 Å². The van der Waals surface area contributed by atoms with Gasteiger partial charge in [-0.05, 0) is 62.1 Å². The maximum absolute atomic E-state index is 13.7. The first-order valence-electron chi connectivity index (χ1n) is 13.9. The van der Waals surface area contributed by atoms with E-state index in [-0.39, 0.29) is 25.0 Å². The van der Waals surface area contributed by atoms with Crippen LogP contribution < -0.4 is 10.1 Å². The fraction of sp³-hybridized carbons (Fsp3) is 0.364. The molecule has 1 aromatic heterocycles. The molecule has 1 aliphatic rings. The van der Waals surface area contributed by atoms with Crippen LogP contribution in [0.2, 0.25) is 0 Å². The number of carbonyl (C=O) groups excluding carboxylic acids is 2. The van der Waals surface area contributed by atoms with Crippen molar-refractivity contribution < 1.29 is 23.8 Å². The average Bonchev–Trinajstić information content (AvgIpc) is 3.40. The molecule has 8 heteroatoms. The number of nitrogens with zero attached hydrogens (tertiary/aromatic N) is 2. The van der Waals surface area contributed by atoms with Gasteiger partial charge in [0.15, 0.2) is 0 Å². The van der Waals surface area contributed by atoms with Crippen LogP contribution in [0.15, 0.2) is 83.3 Å². The highest BCUT2D eigenvalue weighted by molar-refractivity contribution is 6.00. The van der Waals surface area contributed by atoms with E-state index in [1.165, 1.54) is 0 Å². The molecule has 216 valence electrons. The Balaban J connectivity index is 1.95. The van der Waals surface area contributed by atoms with Gasteiger partial charge in [0.1, 0.15) is 5.75 Å². The van der Waals surface area contributed by atoms with Gasteiger partial charge in [0, 0.05) is 28.7 Å². The number of hydrogen-bond donors (Lipinski definition) is 1. The molecule has 0 spiro atoms. The number of nitrogens with one attached hydrogen (secondary N) is 1. The normalized spacial score (nSPS) is 14.0. The number of para-hydroxylation sites is 1. The van der Waals surface area contributed by atoms with Crippen LogP contribution in [0, 0.1) is 11.8 Å². The largest absolute Gasteiger partial charge is 0.497 e. The highest BCUT2D eigenvalue weighted by Gasteiger charge is 2.40. The van der Waals surface area contributed by atoms with E-state index in [0.29, 0.717) is 39.5 Å². The predicted octanol–water partition coefficient (Wildman–Crippen LogP) is 6.18. The third-order valence-corrected chi connectivity index (χ3v) is 6.73. The Labute approximate surface area is 242 Å². The van der Waals surface area contributed by atoms with E-state index in [0.717, 1.165) is 11.3 Å². The average molecular weight is 558 g/mol. The Hall–Kier alpha value is -4.33. The second kappa shape index (κ2) is 12.9. The number of carbonyl (C=O) groups is 2. The van der Waals surface area contributed by atoms with Crippen molar-refractivity contribution in [3.05, 3.63) is 88.9 Å². The van der Waals surface area contributed by atoms with Crippen LogP contribution in [0.3, 0.4) is 0 Å². The highest BCUT2D eigenvalue weighted by Crippen LogP contribution is 2.43. The summed E-state index contributed by atoms with van der Waals surface area (Å²) in [5.41, 5.74) is 4.93. The first kappa shape index (κ1) is 29.6. The fourth-order valence-electron chi connectivity index (χ4n) is 4.77. The lowest BCUT2D eigenvalue weighted by Gasteiger charge is -2.30. The summed E-state index contributed by atoms with van der Waals surface area (Å²) in [5, 5.41) is 8.22. The van der Waals surface area contributed by atoms with Gasteiger partial charge in [-0.2, -0.15) is 5.10 Å². The molecule has 1 aliphatic heterocycles. The molecule has 0 amide bonds. The van der Waals surface area contributed by atoms with Crippen LogP contribution in [-0.4, -0.2) is 42.0 Å². The standard InChI is InChI=1S/C33H39N3O5/c1-20(2)18-40-32(37)28-22(5)34-23(6)29(33(38)41-19-21(3)4)30(28)27-17-36(25-11-9-8-10-12-25)35-31(27)24-13-15-26(39-7)16-14-24/h8-17,20-21,30,34H,18-19H2,1-7H3. The number of esters is 2. The van der Waals surface area contributed by atoms with E-state index in [2.05, 4.69) is 5.32 Å². The maximum atomic E-state index is 13.7. The summed E-state index contributed by atoms with van der Waals surface area (Å²) < 4.78 is 18.6. The van der Waals surface area contributed by atoms with E-state index in [4.69, 9.17) is 19.3 Å². The van der Waals surface area contributed by atoms with Gasteiger partial charge in [-0.3, -0.25) is 0 Å². The van der Waals surface area contributed by atoms with E-state index in [1.54, 1.807) is 11.8 Å². The van der Waals surface area contributed by atoms with Gasteiger partial charge in [-0.1, -0.05) is 45.9 Å². The zero-order chi connectivity index (χ0) is 29.7. The fourth-order valence-corrected chi connectivity index (χ4v) is 4.77. The smallest absolute Gasteiger partial charge is 0.336 e. The number of allylic oxidation sites excluding steroid dienone is 2. The second-order valence-corrected chi connectivity index (χ2v) is 11.1. The van der Waals surface area contributed by atoms with Gasteiger partial charge >= 0.3 is 11.9 Å². The monoisotopic (exact) mass is 557 g/mol. The van der Waals surface area contributed by atoms with Crippen LogP contribution in [0.25, 0.3) is 16.9 Å². The minimum atomic E-state index is -0.773. The van der Waals surface area contributed by atoms with Crippen molar-refractivity contribution in [3.8, 4) is 22.7 Å². The Kier molecular flexibility index (Phi) is 9.32. The number of rotatable bonds is 10. The lowest BCUT2D eigenvalue weighted by Crippen LogP contribution is -2.33.